The van der Waals surface area contributed by atoms with Gasteiger partial charge in [0, 0.05) is 19.2 Å². The van der Waals surface area contributed by atoms with E-state index in [0.29, 0.717) is 11.5 Å². The normalized spacial score (nSPS) is 15.0. The van der Waals surface area contributed by atoms with Gasteiger partial charge >= 0.3 is 0 Å². The van der Waals surface area contributed by atoms with Gasteiger partial charge in [-0.1, -0.05) is 24.3 Å². The fourth-order valence-electron chi connectivity index (χ4n) is 3.21. The van der Waals surface area contributed by atoms with Crippen molar-refractivity contribution in [2.45, 2.75) is 30.8 Å². The first kappa shape index (κ1) is 19.7. The standard InChI is InChI=1S/C20H26N2O4S/c1-25-19-10-9-18(13-20(19)26-2)27(23,24)21-14-16-5-7-17(8-6-16)15-22-11-3-4-12-22/h5-10,13,21H,3-4,11-12,14-15H2,1-2H3. The molecule has 0 spiro atoms. The Labute approximate surface area is 161 Å². The minimum atomic E-state index is -3.64. The lowest BCUT2D eigenvalue weighted by Gasteiger charge is -2.15. The fraction of sp³-hybridized carbons (Fsp3) is 0.400. The molecule has 0 unspecified atom stereocenters. The van der Waals surface area contributed by atoms with Crippen LogP contribution in [0.25, 0.3) is 0 Å². The molecular formula is C20H26N2O4S. The Bertz CT molecular complexity index is 860. The van der Waals surface area contributed by atoms with E-state index in [4.69, 9.17) is 9.47 Å². The van der Waals surface area contributed by atoms with Crippen molar-refractivity contribution in [1.82, 2.24) is 9.62 Å². The van der Waals surface area contributed by atoms with Crippen LogP contribution in [0.3, 0.4) is 0 Å². The summed E-state index contributed by atoms with van der Waals surface area (Å²) < 4.78 is 38.1. The van der Waals surface area contributed by atoms with Crippen LogP contribution in [0.5, 0.6) is 11.5 Å². The number of ether oxygens (including phenoxy) is 2. The molecular weight excluding hydrogens is 364 g/mol. The van der Waals surface area contributed by atoms with Crippen LogP contribution in [0, 0.1) is 0 Å². The van der Waals surface area contributed by atoms with Crippen molar-refractivity contribution < 1.29 is 17.9 Å². The summed E-state index contributed by atoms with van der Waals surface area (Å²) in [6.07, 6.45) is 2.55. The van der Waals surface area contributed by atoms with Crippen LogP contribution >= 0.6 is 0 Å². The molecule has 1 aliphatic rings. The summed E-state index contributed by atoms with van der Waals surface area (Å²) in [4.78, 5) is 2.58. The average Bonchev–Trinajstić information content (AvgIpc) is 3.20. The number of hydrogen-bond donors (Lipinski definition) is 1. The van der Waals surface area contributed by atoms with Crippen molar-refractivity contribution in [3.63, 3.8) is 0 Å². The van der Waals surface area contributed by atoms with Crippen LogP contribution in [0.1, 0.15) is 24.0 Å². The molecule has 146 valence electrons. The number of rotatable bonds is 8. The average molecular weight is 391 g/mol. The smallest absolute Gasteiger partial charge is 0.241 e. The molecule has 1 N–H and O–H groups in total. The third-order valence-corrected chi connectivity index (χ3v) is 6.16. The molecule has 0 amide bonds. The van der Waals surface area contributed by atoms with Crippen molar-refractivity contribution in [3.05, 3.63) is 53.6 Å². The number of methoxy groups -OCH3 is 2. The van der Waals surface area contributed by atoms with Crippen molar-refractivity contribution in [2.24, 2.45) is 0 Å². The van der Waals surface area contributed by atoms with E-state index in [9.17, 15) is 8.42 Å². The quantitative estimate of drug-likeness (QED) is 0.751. The number of sulfonamides is 1. The predicted octanol–water partition coefficient (Wildman–Crippen LogP) is 2.78. The number of hydrogen-bond acceptors (Lipinski definition) is 5. The molecule has 6 nitrogen and oxygen atoms in total. The van der Waals surface area contributed by atoms with Crippen LogP contribution in [0.15, 0.2) is 47.4 Å². The van der Waals surface area contributed by atoms with Crippen LogP contribution in [-0.2, 0) is 23.1 Å². The lowest BCUT2D eigenvalue weighted by atomic mass is 10.1. The van der Waals surface area contributed by atoms with Crippen molar-refractivity contribution in [3.8, 4) is 11.5 Å². The third-order valence-electron chi connectivity index (χ3n) is 4.76. The van der Waals surface area contributed by atoms with Crippen LogP contribution < -0.4 is 14.2 Å². The highest BCUT2D eigenvalue weighted by Gasteiger charge is 2.17. The Morgan fingerprint density at radius 1 is 0.926 bits per heavy atom. The minimum Gasteiger partial charge on any atom is -0.493 e. The molecule has 27 heavy (non-hydrogen) atoms. The Morgan fingerprint density at radius 2 is 1.56 bits per heavy atom. The summed E-state index contributed by atoms with van der Waals surface area (Å²) in [5, 5.41) is 0. The maximum Gasteiger partial charge on any atom is 0.241 e. The summed E-state index contributed by atoms with van der Waals surface area (Å²) >= 11 is 0. The van der Waals surface area contributed by atoms with Gasteiger partial charge < -0.3 is 9.47 Å². The number of benzene rings is 2. The summed E-state index contributed by atoms with van der Waals surface area (Å²) in [6.45, 7) is 3.51. The van der Waals surface area contributed by atoms with E-state index >= 15 is 0 Å². The molecule has 0 atom stereocenters. The molecule has 1 heterocycles. The van der Waals surface area contributed by atoms with E-state index in [1.54, 1.807) is 6.07 Å². The van der Waals surface area contributed by atoms with E-state index < -0.39 is 10.0 Å². The third kappa shape index (κ3) is 5.00. The van der Waals surface area contributed by atoms with Crippen LogP contribution in [0.2, 0.25) is 0 Å². The van der Waals surface area contributed by atoms with E-state index in [1.165, 1.54) is 44.8 Å². The zero-order valence-corrected chi connectivity index (χ0v) is 16.6. The first-order chi connectivity index (χ1) is 13.0. The Morgan fingerprint density at radius 3 is 2.19 bits per heavy atom. The van der Waals surface area contributed by atoms with Gasteiger partial charge in [0.2, 0.25) is 10.0 Å². The first-order valence-electron chi connectivity index (χ1n) is 9.04. The fourth-order valence-corrected chi connectivity index (χ4v) is 4.24. The second kappa shape index (κ2) is 8.73. The minimum absolute atomic E-state index is 0.144. The molecule has 1 fully saturated rings. The molecule has 2 aromatic rings. The molecule has 0 bridgehead atoms. The summed E-state index contributed by atoms with van der Waals surface area (Å²) in [5.41, 5.74) is 2.17. The largest absolute Gasteiger partial charge is 0.493 e. The molecule has 0 radical (unpaired) electrons. The van der Waals surface area contributed by atoms with Crippen molar-refractivity contribution in [1.29, 1.82) is 0 Å². The molecule has 1 aliphatic heterocycles. The number of nitrogens with zero attached hydrogens (tertiary/aromatic N) is 1. The van der Waals surface area contributed by atoms with Gasteiger partial charge in [-0.05, 0) is 49.2 Å². The van der Waals surface area contributed by atoms with Crippen LogP contribution in [-0.4, -0.2) is 40.6 Å². The predicted molar refractivity (Wildman–Crippen MR) is 105 cm³/mol. The van der Waals surface area contributed by atoms with Gasteiger partial charge in [-0.25, -0.2) is 13.1 Å². The number of likely N-dealkylation sites (tertiary alicyclic amines) is 1. The maximum atomic E-state index is 12.6. The van der Waals surface area contributed by atoms with Gasteiger partial charge in [-0.2, -0.15) is 0 Å². The van der Waals surface area contributed by atoms with Gasteiger partial charge in [0.05, 0.1) is 19.1 Å². The van der Waals surface area contributed by atoms with E-state index in [2.05, 4.69) is 21.8 Å². The highest BCUT2D eigenvalue weighted by Crippen LogP contribution is 2.29. The van der Waals surface area contributed by atoms with E-state index in [1.807, 2.05) is 12.1 Å². The highest BCUT2D eigenvalue weighted by atomic mass is 32.2. The summed E-state index contributed by atoms with van der Waals surface area (Å²) in [5.74, 6) is 0.872. The van der Waals surface area contributed by atoms with Gasteiger partial charge in [0.1, 0.15) is 0 Å². The topological polar surface area (TPSA) is 67.9 Å². The molecule has 7 heteroatoms. The van der Waals surface area contributed by atoms with Gasteiger partial charge in [0.25, 0.3) is 0 Å². The Balaban J connectivity index is 1.63. The van der Waals surface area contributed by atoms with E-state index in [-0.39, 0.29) is 11.4 Å². The lowest BCUT2D eigenvalue weighted by Crippen LogP contribution is -2.23. The zero-order valence-electron chi connectivity index (χ0n) is 15.8. The van der Waals surface area contributed by atoms with E-state index in [0.717, 1.165) is 25.2 Å². The monoisotopic (exact) mass is 390 g/mol. The second-order valence-corrected chi connectivity index (χ2v) is 8.41. The SMILES string of the molecule is COc1ccc(S(=O)(=O)NCc2ccc(CN3CCCC3)cc2)cc1OC. The maximum absolute atomic E-state index is 12.6. The molecule has 2 aromatic carbocycles. The molecule has 3 rings (SSSR count). The highest BCUT2D eigenvalue weighted by molar-refractivity contribution is 7.89. The van der Waals surface area contributed by atoms with Gasteiger partial charge in [-0.3, -0.25) is 4.90 Å². The van der Waals surface area contributed by atoms with Gasteiger partial charge in [-0.15, -0.1) is 0 Å². The molecule has 0 saturated carbocycles. The molecule has 0 aliphatic carbocycles. The van der Waals surface area contributed by atoms with Crippen molar-refractivity contribution in [2.75, 3.05) is 27.3 Å². The second-order valence-electron chi connectivity index (χ2n) is 6.64. The summed E-state index contributed by atoms with van der Waals surface area (Å²) in [7, 11) is -0.649. The first-order valence-corrected chi connectivity index (χ1v) is 10.5. The van der Waals surface area contributed by atoms with Crippen molar-refractivity contribution >= 4 is 10.0 Å². The van der Waals surface area contributed by atoms with Gasteiger partial charge in [0.15, 0.2) is 11.5 Å². The Kier molecular flexibility index (Phi) is 6.36. The zero-order chi connectivity index (χ0) is 19.3. The number of nitrogens with one attached hydrogen (secondary N) is 1. The Hall–Kier alpha value is -2.09. The van der Waals surface area contributed by atoms with Crippen LogP contribution in [0.4, 0.5) is 0 Å². The lowest BCUT2D eigenvalue weighted by molar-refractivity contribution is 0.331. The molecule has 1 saturated heterocycles. The summed E-state index contributed by atoms with van der Waals surface area (Å²) in [6, 6.07) is 12.6. The molecule has 0 aromatic heterocycles.